The van der Waals surface area contributed by atoms with E-state index in [0.29, 0.717) is 17.1 Å². The molecule has 0 aliphatic heterocycles. The summed E-state index contributed by atoms with van der Waals surface area (Å²) in [6.07, 6.45) is 0. The predicted molar refractivity (Wildman–Crippen MR) is 70.5 cm³/mol. The summed E-state index contributed by atoms with van der Waals surface area (Å²) in [5.74, 6) is 0.172. The number of benzene rings is 1. The van der Waals surface area contributed by atoms with Crippen LogP contribution < -0.4 is 16.2 Å². The fourth-order valence-corrected chi connectivity index (χ4v) is 1.75. The second-order valence-corrected chi connectivity index (χ2v) is 3.95. The number of amides is 1. The van der Waals surface area contributed by atoms with E-state index in [1.807, 2.05) is 18.2 Å². The molecule has 1 amide bonds. The lowest BCUT2D eigenvalue weighted by molar-refractivity contribution is 0.0996. The van der Waals surface area contributed by atoms with E-state index in [2.05, 4.69) is 9.97 Å². The van der Waals surface area contributed by atoms with Crippen LogP contribution in [0.4, 0.5) is 5.95 Å². The predicted octanol–water partition coefficient (Wildman–Crippen LogP) is 1.05. The highest BCUT2D eigenvalue weighted by atomic mass is 16.5. The SMILES string of the molecule is Cc1nc(N)nc(COc2ccccc2)c1C(N)=O. The van der Waals surface area contributed by atoms with E-state index >= 15 is 0 Å². The molecule has 1 aromatic heterocycles. The molecule has 0 aliphatic carbocycles. The lowest BCUT2D eigenvalue weighted by Crippen LogP contribution is -2.20. The molecular formula is C13H14N4O2. The Morgan fingerprint density at radius 1 is 1.26 bits per heavy atom. The molecule has 1 aromatic carbocycles. The monoisotopic (exact) mass is 258 g/mol. The van der Waals surface area contributed by atoms with Crippen molar-refractivity contribution in [1.29, 1.82) is 0 Å². The van der Waals surface area contributed by atoms with Crippen LogP contribution in [0.15, 0.2) is 30.3 Å². The normalized spacial score (nSPS) is 10.2. The first-order valence-corrected chi connectivity index (χ1v) is 5.68. The van der Waals surface area contributed by atoms with Gasteiger partial charge in [-0.15, -0.1) is 0 Å². The first-order valence-electron chi connectivity index (χ1n) is 5.68. The van der Waals surface area contributed by atoms with Crippen LogP contribution in [0.5, 0.6) is 5.75 Å². The number of carbonyl (C=O) groups is 1. The molecule has 2 rings (SSSR count). The molecule has 0 unspecified atom stereocenters. The number of hydrogen-bond acceptors (Lipinski definition) is 5. The molecule has 98 valence electrons. The van der Waals surface area contributed by atoms with Crippen LogP contribution in [0.2, 0.25) is 0 Å². The fraction of sp³-hybridized carbons (Fsp3) is 0.154. The van der Waals surface area contributed by atoms with Crippen molar-refractivity contribution >= 4 is 11.9 Å². The van der Waals surface area contributed by atoms with E-state index in [4.69, 9.17) is 16.2 Å². The number of anilines is 1. The number of primary amides is 1. The van der Waals surface area contributed by atoms with Crippen LogP contribution in [-0.4, -0.2) is 15.9 Å². The number of ether oxygens (including phenoxy) is 1. The molecule has 0 fully saturated rings. The van der Waals surface area contributed by atoms with Crippen molar-refractivity contribution in [1.82, 2.24) is 9.97 Å². The Bertz CT molecular complexity index is 599. The van der Waals surface area contributed by atoms with Gasteiger partial charge in [0.1, 0.15) is 12.4 Å². The van der Waals surface area contributed by atoms with Crippen molar-refractivity contribution in [3.8, 4) is 5.75 Å². The van der Waals surface area contributed by atoms with E-state index in [1.54, 1.807) is 19.1 Å². The topological polar surface area (TPSA) is 104 Å². The summed E-state index contributed by atoms with van der Waals surface area (Å²) in [5.41, 5.74) is 12.0. The number of nitrogens with two attached hydrogens (primary N) is 2. The number of carbonyl (C=O) groups excluding carboxylic acids is 1. The number of aromatic nitrogens is 2. The molecule has 1 heterocycles. The van der Waals surface area contributed by atoms with Gasteiger partial charge in [-0.05, 0) is 19.1 Å². The molecule has 19 heavy (non-hydrogen) atoms. The molecule has 0 saturated heterocycles. The average Bonchev–Trinajstić information content (AvgIpc) is 2.36. The van der Waals surface area contributed by atoms with Gasteiger partial charge in [-0.1, -0.05) is 18.2 Å². The quantitative estimate of drug-likeness (QED) is 0.852. The largest absolute Gasteiger partial charge is 0.487 e. The molecule has 0 radical (unpaired) electrons. The van der Waals surface area contributed by atoms with Crippen molar-refractivity contribution in [2.24, 2.45) is 5.73 Å². The van der Waals surface area contributed by atoms with Crippen LogP contribution in [0.3, 0.4) is 0 Å². The number of para-hydroxylation sites is 1. The Kier molecular flexibility index (Phi) is 3.61. The third-order valence-corrected chi connectivity index (χ3v) is 2.55. The zero-order chi connectivity index (χ0) is 13.8. The minimum atomic E-state index is -0.593. The summed E-state index contributed by atoms with van der Waals surface area (Å²) in [7, 11) is 0. The molecule has 0 atom stereocenters. The Hall–Kier alpha value is -2.63. The van der Waals surface area contributed by atoms with Crippen molar-refractivity contribution in [3.63, 3.8) is 0 Å². The third kappa shape index (κ3) is 2.98. The van der Waals surface area contributed by atoms with Crippen LogP contribution in [0.1, 0.15) is 21.7 Å². The van der Waals surface area contributed by atoms with Crippen LogP contribution >= 0.6 is 0 Å². The van der Waals surface area contributed by atoms with Gasteiger partial charge in [-0.3, -0.25) is 4.79 Å². The van der Waals surface area contributed by atoms with Crippen molar-refractivity contribution in [2.45, 2.75) is 13.5 Å². The summed E-state index contributed by atoms with van der Waals surface area (Å²) in [5, 5.41) is 0. The van der Waals surface area contributed by atoms with Gasteiger partial charge in [0.15, 0.2) is 0 Å². The van der Waals surface area contributed by atoms with E-state index in [-0.39, 0.29) is 18.1 Å². The first kappa shape index (κ1) is 12.8. The maximum absolute atomic E-state index is 11.4. The van der Waals surface area contributed by atoms with Gasteiger partial charge in [0.2, 0.25) is 5.95 Å². The first-order chi connectivity index (χ1) is 9.08. The molecule has 2 aromatic rings. The van der Waals surface area contributed by atoms with Crippen molar-refractivity contribution in [2.75, 3.05) is 5.73 Å². The number of aryl methyl sites for hydroxylation is 1. The zero-order valence-electron chi connectivity index (χ0n) is 10.5. The molecular weight excluding hydrogens is 244 g/mol. The van der Waals surface area contributed by atoms with E-state index in [9.17, 15) is 4.79 Å². The van der Waals surface area contributed by atoms with Gasteiger partial charge in [-0.25, -0.2) is 9.97 Å². The average molecular weight is 258 g/mol. The maximum atomic E-state index is 11.4. The number of nitrogens with zero attached hydrogens (tertiary/aromatic N) is 2. The number of hydrogen-bond donors (Lipinski definition) is 2. The molecule has 0 aliphatic rings. The lowest BCUT2D eigenvalue weighted by atomic mass is 10.1. The second kappa shape index (κ2) is 5.34. The highest BCUT2D eigenvalue weighted by molar-refractivity contribution is 5.95. The summed E-state index contributed by atoms with van der Waals surface area (Å²) in [6.45, 7) is 1.76. The molecule has 0 spiro atoms. The van der Waals surface area contributed by atoms with Crippen molar-refractivity contribution in [3.05, 3.63) is 47.3 Å². The standard InChI is InChI=1S/C13H14N4O2/c1-8-11(12(14)18)10(17-13(15)16-8)7-19-9-5-3-2-4-6-9/h2-6H,7H2,1H3,(H2,14,18)(H2,15,16,17). The molecule has 0 saturated carbocycles. The summed E-state index contributed by atoms with van der Waals surface area (Å²) in [4.78, 5) is 19.3. The summed E-state index contributed by atoms with van der Waals surface area (Å²) >= 11 is 0. The Labute approximate surface area is 110 Å². The minimum absolute atomic E-state index is 0.0918. The van der Waals surface area contributed by atoms with E-state index in [1.165, 1.54) is 0 Å². The second-order valence-electron chi connectivity index (χ2n) is 3.95. The minimum Gasteiger partial charge on any atom is -0.487 e. The van der Waals surface area contributed by atoms with Crippen molar-refractivity contribution < 1.29 is 9.53 Å². The van der Waals surface area contributed by atoms with Gasteiger partial charge in [0.05, 0.1) is 17.0 Å². The van der Waals surface area contributed by atoms with E-state index in [0.717, 1.165) is 0 Å². The van der Waals surface area contributed by atoms with E-state index < -0.39 is 5.91 Å². The number of nitrogen functional groups attached to an aromatic ring is 1. The summed E-state index contributed by atoms with van der Waals surface area (Å²) < 4.78 is 5.54. The lowest BCUT2D eigenvalue weighted by Gasteiger charge is -2.10. The molecule has 6 heteroatoms. The van der Waals surface area contributed by atoms with Gasteiger partial charge in [0.25, 0.3) is 5.91 Å². The maximum Gasteiger partial charge on any atom is 0.252 e. The third-order valence-electron chi connectivity index (χ3n) is 2.55. The highest BCUT2D eigenvalue weighted by Gasteiger charge is 2.16. The Morgan fingerprint density at radius 3 is 2.58 bits per heavy atom. The smallest absolute Gasteiger partial charge is 0.252 e. The number of rotatable bonds is 4. The summed E-state index contributed by atoms with van der Waals surface area (Å²) in [6, 6.07) is 9.20. The van der Waals surface area contributed by atoms with Crippen LogP contribution in [-0.2, 0) is 6.61 Å². The molecule has 4 N–H and O–H groups in total. The molecule has 0 bridgehead atoms. The van der Waals surface area contributed by atoms with Crippen LogP contribution in [0, 0.1) is 6.92 Å². The Balaban J connectivity index is 2.27. The van der Waals surface area contributed by atoms with Gasteiger partial charge >= 0.3 is 0 Å². The molecule has 6 nitrogen and oxygen atoms in total. The van der Waals surface area contributed by atoms with Gasteiger partial charge in [-0.2, -0.15) is 0 Å². The fourth-order valence-electron chi connectivity index (χ4n) is 1.75. The Morgan fingerprint density at radius 2 is 1.95 bits per heavy atom. The highest BCUT2D eigenvalue weighted by Crippen LogP contribution is 2.15. The van der Waals surface area contributed by atoms with Gasteiger partial charge in [0, 0.05) is 0 Å². The van der Waals surface area contributed by atoms with Crippen LogP contribution in [0.25, 0.3) is 0 Å². The van der Waals surface area contributed by atoms with Gasteiger partial charge < -0.3 is 16.2 Å². The zero-order valence-corrected chi connectivity index (χ0v) is 10.5.